The first-order valence-electron chi connectivity index (χ1n) is 10.2. The number of ketones is 1. The summed E-state index contributed by atoms with van der Waals surface area (Å²) < 4.78 is 2.07. The lowest BCUT2D eigenvalue weighted by Gasteiger charge is -2.35. The van der Waals surface area contributed by atoms with Crippen LogP contribution in [-0.2, 0) is 14.1 Å². The van der Waals surface area contributed by atoms with E-state index >= 15 is 0 Å². The number of piperidine rings is 1. The molecule has 158 valence electrons. The van der Waals surface area contributed by atoms with Crippen LogP contribution in [0.15, 0.2) is 40.1 Å². The molecular formula is C22H27N5O3. The third kappa shape index (κ3) is 3.17. The minimum atomic E-state index is -0.638. The van der Waals surface area contributed by atoms with Gasteiger partial charge in [0.05, 0.1) is 6.04 Å². The van der Waals surface area contributed by atoms with Gasteiger partial charge in [-0.3, -0.25) is 23.6 Å². The van der Waals surface area contributed by atoms with E-state index in [-0.39, 0.29) is 17.2 Å². The van der Waals surface area contributed by atoms with Crippen LogP contribution in [0.4, 0.5) is 5.82 Å². The fraction of sp³-hybridized carbons (Fsp3) is 0.409. The van der Waals surface area contributed by atoms with Crippen molar-refractivity contribution in [2.24, 2.45) is 14.1 Å². The van der Waals surface area contributed by atoms with E-state index in [1.54, 1.807) is 6.92 Å². The SMILES string of the molecule is C[C@@H](C(=O)c1c(N)n(C)c(=O)n(C)c1=O)N1CCC(c2c[nH]c3ccccc23)CC1. The Morgan fingerprint density at radius 1 is 1.13 bits per heavy atom. The molecule has 30 heavy (non-hydrogen) atoms. The van der Waals surface area contributed by atoms with Crippen molar-refractivity contribution in [3.63, 3.8) is 0 Å². The molecule has 8 heteroatoms. The van der Waals surface area contributed by atoms with Crippen molar-refractivity contribution < 1.29 is 4.79 Å². The summed E-state index contributed by atoms with van der Waals surface area (Å²) in [6, 6.07) is 7.80. The average Bonchev–Trinajstić information content (AvgIpc) is 3.20. The van der Waals surface area contributed by atoms with E-state index in [9.17, 15) is 14.4 Å². The summed E-state index contributed by atoms with van der Waals surface area (Å²) in [6.45, 7) is 3.31. The highest BCUT2D eigenvalue weighted by atomic mass is 16.2. The summed E-state index contributed by atoms with van der Waals surface area (Å²) in [5.41, 5.74) is 7.14. The zero-order valence-electron chi connectivity index (χ0n) is 17.5. The number of Topliss-reactive ketones (excluding diaryl/α,β-unsaturated/α-hetero) is 1. The molecule has 2 aromatic heterocycles. The number of anilines is 1. The second-order valence-electron chi connectivity index (χ2n) is 8.11. The number of nitrogens with two attached hydrogens (primary N) is 1. The molecule has 1 aromatic carbocycles. The largest absolute Gasteiger partial charge is 0.384 e. The van der Waals surface area contributed by atoms with Crippen LogP contribution in [0.2, 0.25) is 0 Å². The molecule has 0 saturated carbocycles. The predicted molar refractivity (Wildman–Crippen MR) is 117 cm³/mol. The Balaban J connectivity index is 1.52. The Bertz CT molecular complexity index is 1230. The molecule has 0 radical (unpaired) electrons. The molecule has 0 unspecified atom stereocenters. The highest BCUT2D eigenvalue weighted by Crippen LogP contribution is 2.33. The molecule has 1 aliphatic heterocycles. The Hall–Kier alpha value is -3.13. The van der Waals surface area contributed by atoms with Gasteiger partial charge in [0.2, 0.25) is 0 Å². The van der Waals surface area contributed by atoms with Crippen LogP contribution in [0.3, 0.4) is 0 Å². The van der Waals surface area contributed by atoms with Gasteiger partial charge in [-0.25, -0.2) is 4.79 Å². The van der Waals surface area contributed by atoms with Crippen LogP contribution >= 0.6 is 0 Å². The summed E-state index contributed by atoms with van der Waals surface area (Å²) in [7, 11) is 2.82. The van der Waals surface area contributed by atoms with Crippen LogP contribution in [0.1, 0.15) is 41.6 Å². The molecule has 1 fully saturated rings. The topological polar surface area (TPSA) is 106 Å². The summed E-state index contributed by atoms with van der Waals surface area (Å²) in [4.78, 5) is 43.1. The van der Waals surface area contributed by atoms with Gasteiger partial charge in [0.25, 0.3) is 5.56 Å². The summed E-state index contributed by atoms with van der Waals surface area (Å²) in [6.07, 6.45) is 3.95. The number of carbonyl (C=O) groups excluding carboxylic acids is 1. The third-order valence-electron chi connectivity index (χ3n) is 6.47. The number of likely N-dealkylation sites (tertiary alicyclic amines) is 1. The minimum absolute atomic E-state index is 0.0753. The van der Waals surface area contributed by atoms with Crippen molar-refractivity contribution in [2.45, 2.75) is 31.7 Å². The number of nitrogen functional groups attached to an aromatic ring is 1. The molecule has 0 aliphatic carbocycles. The lowest BCUT2D eigenvalue weighted by atomic mass is 9.88. The van der Waals surface area contributed by atoms with Gasteiger partial charge >= 0.3 is 5.69 Å². The standard InChI is InChI=1S/C22H27N5O3/c1-13(19(28)18-20(23)25(2)22(30)26(3)21(18)29)27-10-8-14(9-11-27)16-12-24-17-7-5-4-6-15(16)17/h4-7,12-14,24H,8-11,23H2,1-3H3/t13-/m0/s1. The second-order valence-corrected chi connectivity index (χ2v) is 8.11. The van der Waals surface area contributed by atoms with Crippen LogP contribution in [0, 0.1) is 0 Å². The zero-order chi connectivity index (χ0) is 21.6. The van der Waals surface area contributed by atoms with Crippen LogP contribution in [0.25, 0.3) is 10.9 Å². The molecule has 0 bridgehead atoms. The second kappa shape index (κ2) is 7.60. The van der Waals surface area contributed by atoms with Gasteiger partial charge in [0.1, 0.15) is 11.4 Å². The number of H-pyrrole nitrogens is 1. The normalized spacial score (nSPS) is 16.8. The van der Waals surface area contributed by atoms with Gasteiger partial charge in [0.15, 0.2) is 5.78 Å². The number of nitrogens with one attached hydrogen (secondary N) is 1. The van der Waals surface area contributed by atoms with Crippen LogP contribution < -0.4 is 17.0 Å². The predicted octanol–water partition coefficient (Wildman–Crippen LogP) is 1.60. The number of carbonyl (C=O) groups is 1. The molecule has 8 nitrogen and oxygen atoms in total. The smallest absolute Gasteiger partial charge is 0.332 e. The average molecular weight is 409 g/mol. The van der Waals surface area contributed by atoms with Crippen molar-refractivity contribution in [1.82, 2.24) is 19.0 Å². The number of para-hydroxylation sites is 1. The van der Waals surface area contributed by atoms with Crippen molar-refractivity contribution in [3.8, 4) is 0 Å². The van der Waals surface area contributed by atoms with Gasteiger partial charge in [-0.15, -0.1) is 0 Å². The first-order chi connectivity index (χ1) is 14.3. The molecular weight excluding hydrogens is 382 g/mol. The first kappa shape index (κ1) is 20.2. The first-order valence-corrected chi connectivity index (χ1v) is 10.2. The van der Waals surface area contributed by atoms with Crippen LogP contribution in [-0.4, -0.2) is 43.9 Å². The zero-order valence-corrected chi connectivity index (χ0v) is 17.5. The maximum atomic E-state index is 13.1. The van der Waals surface area contributed by atoms with Gasteiger partial charge < -0.3 is 10.7 Å². The van der Waals surface area contributed by atoms with Gasteiger partial charge in [0, 0.05) is 31.2 Å². The Morgan fingerprint density at radius 3 is 2.50 bits per heavy atom. The quantitative estimate of drug-likeness (QED) is 0.637. The molecule has 3 aromatic rings. The van der Waals surface area contributed by atoms with E-state index in [2.05, 4.69) is 28.2 Å². The summed E-state index contributed by atoms with van der Waals surface area (Å²) >= 11 is 0. The van der Waals surface area contributed by atoms with Gasteiger partial charge in [-0.2, -0.15) is 0 Å². The highest BCUT2D eigenvalue weighted by Gasteiger charge is 2.31. The Kier molecular flexibility index (Phi) is 5.11. The Labute approximate surface area is 173 Å². The molecule has 1 atom stereocenters. The highest BCUT2D eigenvalue weighted by molar-refractivity contribution is 6.03. The maximum Gasteiger partial charge on any atom is 0.332 e. The molecule has 3 heterocycles. The molecule has 3 N–H and O–H groups in total. The number of aromatic nitrogens is 3. The van der Waals surface area contributed by atoms with E-state index in [1.807, 2.05) is 12.1 Å². The Morgan fingerprint density at radius 2 is 1.80 bits per heavy atom. The van der Waals surface area contributed by atoms with E-state index < -0.39 is 17.3 Å². The van der Waals surface area contributed by atoms with Gasteiger partial charge in [-0.1, -0.05) is 18.2 Å². The van der Waals surface area contributed by atoms with Crippen molar-refractivity contribution in [3.05, 3.63) is 62.4 Å². The molecule has 0 spiro atoms. The number of rotatable bonds is 4. The van der Waals surface area contributed by atoms with Crippen molar-refractivity contribution in [1.29, 1.82) is 0 Å². The third-order valence-corrected chi connectivity index (χ3v) is 6.47. The fourth-order valence-electron chi connectivity index (χ4n) is 4.50. The fourth-order valence-corrected chi connectivity index (χ4v) is 4.50. The van der Waals surface area contributed by atoms with E-state index in [1.165, 1.54) is 25.0 Å². The van der Waals surface area contributed by atoms with Gasteiger partial charge in [-0.05, 0) is 50.4 Å². The van der Waals surface area contributed by atoms with Crippen LogP contribution in [0.5, 0.6) is 0 Å². The summed E-state index contributed by atoms with van der Waals surface area (Å²) in [5, 5.41) is 1.25. The lowest BCUT2D eigenvalue weighted by molar-refractivity contribution is 0.0795. The van der Waals surface area contributed by atoms with E-state index in [4.69, 9.17) is 5.73 Å². The van der Waals surface area contributed by atoms with E-state index in [0.29, 0.717) is 5.92 Å². The molecule has 1 saturated heterocycles. The number of nitrogens with zero attached hydrogens (tertiary/aromatic N) is 3. The van der Waals surface area contributed by atoms with Crippen molar-refractivity contribution in [2.75, 3.05) is 18.8 Å². The number of hydrogen-bond acceptors (Lipinski definition) is 5. The molecule has 0 amide bonds. The minimum Gasteiger partial charge on any atom is -0.384 e. The molecule has 4 rings (SSSR count). The maximum absolute atomic E-state index is 13.1. The number of hydrogen-bond donors (Lipinski definition) is 2. The number of benzene rings is 1. The summed E-state index contributed by atoms with van der Waals surface area (Å²) in [5.74, 6) is 0.0121. The number of fused-ring (bicyclic) bond motifs is 1. The number of aromatic amines is 1. The van der Waals surface area contributed by atoms with E-state index in [0.717, 1.165) is 40.6 Å². The monoisotopic (exact) mass is 409 g/mol. The lowest BCUT2D eigenvalue weighted by Crippen LogP contribution is -2.48. The van der Waals surface area contributed by atoms with Crippen molar-refractivity contribution >= 4 is 22.5 Å². The molecule has 1 aliphatic rings.